The van der Waals surface area contributed by atoms with Gasteiger partial charge in [0.1, 0.15) is 0 Å². The van der Waals surface area contributed by atoms with E-state index in [2.05, 4.69) is 15.9 Å². The van der Waals surface area contributed by atoms with Gasteiger partial charge in [-0.1, -0.05) is 0 Å². The predicted molar refractivity (Wildman–Crippen MR) is 61.9 cm³/mol. The van der Waals surface area contributed by atoms with Gasteiger partial charge in [-0.05, 0) is 12.1 Å². The van der Waals surface area contributed by atoms with Crippen LogP contribution in [0, 0.1) is 5.82 Å². The van der Waals surface area contributed by atoms with Crippen LogP contribution in [0.5, 0.6) is 5.75 Å². The molecule has 0 aliphatic rings. The Labute approximate surface area is 107 Å². The van der Waals surface area contributed by atoms with Gasteiger partial charge < -0.3 is 15.2 Å². The predicted octanol–water partition coefficient (Wildman–Crippen LogP) is 0.567. The van der Waals surface area contributed by atoms with Crippen molar-refractivity contribution in [2.75, 3.05) is 12.4 Å². The van der Waals surface area contributed by atoms with E-state index in [9.17, 15) is 13.2 Å². The van der Waals surface area contributed by atoms with Crippen LogP contribution in [0.4, 0.5) is 18.9 Å². The molecule has 0 atom stereocenters. The highest BCUT2D eigenvalue weighted by molar-refractivity contribution is 5.57. The lowest BCUT2D eigenvalue weighted by atomic mass is 10.1. The van der Waals surface area contributed by atoms with E-state index < -0.39 is 24.8 Å². The molecule has 0 bridgehead atoms. The molecule has 0 saturated carbocycles. The number of amides is 1. The highest BCUT2D eigenvalue weighted by Gasteiger charge is 2.17. The first kappa shape index (κ1) is 17.0. The van der Waals surface area contributed by atoms with E-state index in [0.717, 1.165) is 6.07 Å². The molecule has 0 fully saturated rings. The van der Waals surface area contributed by atoms with Gasteiger partial charge in [0, 0.05) is 18.3 Å². The van der Waals surface area contributed by atoms with Gasteiger partial charge in [-0.3, -0.25) is 10.2 Å². The molecule has 9 heteroatoms. The highest BCUT2D eigenvalue weighted by atomic mass is 19.3. The fraction of sp³-hybridized carbons (Fsp3) is 0.300. The summed E-state index contributed by atoms with van der Waals surface area (Å²) in [5.74, 6) is 2.85. The number of benzene rings is 1. The van der Waals surface area contributed by atoms with E-state index >= 15 is 0 Å². The summed E-state index contributed by atoms with van der Waals surface area (Å²) in [4.78, 5) is 8.94. The third-order valence-corrected chi connectivity index (χ3v) is 1.91. The van der Waals surface area contributed by atoms with E-state index in [1.165, 1.54) is 13.1 Å². The van der Waals surface area contributed by atoms with E-state index in [1.54, 1.807) is 5.43 Å². The van der Waals surface area contributed by atoms with Crippen molar-refractivity contribution in [1.29, 1.82) is 0 Å². The number of rotatable bonds is 5. The molecule has 0 saturated heterocycles. The Morgan fingerprint density at radius 2 is 2.11 bits per heavy atom. The molecule has 0 spiro atoms. The first-order valence-electron chi connectivity index (χ1n) is 4.96. The number of carbonyl (C=O) groups is 1. The monoisotopic (exact) mass is 281 g/mol. The molecule has 1 amide bonds. The number of aliphatic hydroxyl groups is 1. The number of hydrogen-bond donors (Lipinski definition) is 4. The third kappa shape index (κ3) is 5.44. The SMILES string of the molecule is CNc1ccc(F)c(OC(F)F)c1CO.NNC=O. The molecule has 1 aromatic rings. The number of hydrazine groups is 1. The van der Waals surface area contributed by atoms with Crippen molar-refractivity contribution in [1.82, 2.24) is 5.43 Å². The normalized spacial score (nSPS) is 9.42. The molecule has 0 aliphatic heterocycles. The van der Waals surface area contributed by atoms with Crippen molar-refractivity contribution in [3.05, 3.63) is 23.5 Å². The van der Waals surface area contributed by atoms with Gasteiger partial charge in [-0.25, -0.2) is 10.2 Å². The Kier molecular flexibility index (Phi) is 8.05. The number of alkyl halides is 2. The van der Waals surface area contributed by atoms with Gasteiger partial charge in [0.25, 0.3) is 0 Å². The lowest BCUT2D eigenvalue weighted by molar-refractivity contribution is -0.109. The molecule has 108 valence electrons. The minimum absolute atomic E-state index is 0.0298. The quantitative estimate of drug-likeness (QED) is 0.274. The fourth-order valence-electron chi connectivity index (χ4n) is 1.21. The largest absolute Gasteiger partial charge is 0.431 e. The number of anilines is 1. The van der Waals surface area contributed by atoms with Crippen LogP contribution < -0.4 is 21.3 Å². The summed E-state index contributed by atoms with van der Waals surface area (Å²) in [5, 5.41) is 11.6. The van der Waals surface area contributed by atoms with Crippen molar-refractivity contribution in [3.63, 3.8) is 0 Å². The van der Waals surface area contributed by atoms with Crippen LogP contribution in [-0.2, 0) is 11.4 Å². The maximum atomic E-state index is 13.1. The van der Waals surface area contributed by atoms with Crippen LogP contribution in [0.1, 0.15) is 5.56 Å². The molecular formula is C10H14F3N3O3. The first-order chi connectivity index (χ1) is 9.01. The number of nitrogens with one attached hydrogen (secondary N) is 2. The standard InChI is InChI=1S/C9H10F3NO2.CH4N2O/c1-13-7-3-2-6(10)8(5(7)4-14)15-9(11)12;2-3-1-4/h2-3,9,13-14H,4H2,1H3;1H,2H2,(H,3,4). The number of ether oxygens (including phenoxy) is 1. The Morgan fingerprint density at radius 3 is 2.47 bits per heavy atom. The van der Waals surface area contributed by atoms with Crippen LogP contribution in [0.3, 0.4) is 0 Å². The van der Waals surface area contributed by atoms with Crippen molar-refractivity contribution in [2.45, 2.75) is 13.2 Å². The number of carbonyl (C=O) groups excluding carboxylic acids is 1. The Hall–Kier alpha value is -2.00. The Bertz CT molecular complexity index is 405. The van der Waals surface area contributed by atoms with Crippen LogP contribution in [0.25, 0.3) is 0 Å². The Morgan fingerprint density at radius 1 is 1.53 bits per heavy atom. The fourth-order valence-corrected chi connectivity index (χ4v) is 1.21. The van der Waals surface area contributed by atoms with Crippen molar-refractivity contribution >= 4 is 12.1 Å². The second-order valence-electron chi connectivity index (χ2n) is 2.97. The minimum atomic E-state index is -3.13. The summed E-state index contributed by atoms with van der Waals surface area (Å²) in [5.41, 5.74) is 2.06. The van der Waals surface area contributed by atoms with Crippen molar-refractivity contribution in [2.24, 2.45) is 5.84 Å². The summed E-state index contributed by atoms with van der Waals surface area (Å²) >= 11 is 0. The van der Waals surface area contributed by atoms with Gasteiger partial charge in [-0.2, -0.15) is 8.78 Å². The topological polar surface area (TPSA) is 96.6 Å². The molecule has 1 aromatic carbocycles. The van der Waals surface area contributed by atoms with Gasteiger partial charge >= 0.3 is 6.61 Å². The summed E-state index contributed by atoms with van der Waals surface area (Å²) in [7, 11) is 1.53. The summed E-state index contributed by atoms with van der Waals surface area (Å²) in [6, 6.07) is 2.32. The lowest BCUT2D eigenvalue weighted by Crippen LogP contribution is -2.18. The van der Waals surface area contributed by atoms with Crippen molar-refractivity contribution in [3.8, 4) is 5.75 Å². The minimum Gasteiger partial charge on any atom is -0.431 e. The molecular weight excluding hydrogens is 267 g/mol. The van der Waals surface area contributed by atoms with E-state index in [0.29, 0.717) is 12.1 Å². The molecule has 0 radical (unpaired) electrons. The summed E-state index contributed by atoms with van der Waals surface area (Å²) < 4.78 is 41.0. The summed E-state index contributed by atoms with van der Waals surface area (Å²) in [6.07, 6.45) is 0.403. The van der Waals surface area contributed by atoms with Gasteiger partial charge in [0.05, 0.1) is 6.61 Å². The highest BCUT2D eigenvalue weighted by Crippen LogP contribution is 2.30. The molecule has 6 nitrogen and oxygen atoms in total. The lowest BCUT2D eigenvalue weighted by Gasteiger charge is -2.13. The number of halogens is 3. The molecule has 1 rings (SSSR count). The maximum Gasteiger partial charge on any atom is 0.387 e. The van der Waals surface area contributed by atoms with Gasteiger partial charge in [-0.15, -0.1) is 0 Å². The number of nitrogens with two attached hydrogens (primary N) is 1. The van der Waals surface area contributed by atoms with Gasteiger partial charge in [0.2, 0.25) is 6.41 Å². The average Bonchev–Trinajstić information content (AvgIpc) is 2.40. The maximum absolute atomic E-state index is 13.1. The first-order valence-corrected chi connectivity index (χ1v) is 4.96. The van der Waals surface area contributed by atoms with Gasteiger partial charge in [0.15, 0.2) is 11.6 Å². The zero-order valence-corrected chi connectivity index (χ0v) is 9.99. The molecule has 0 aromatic heterocycles. The average molecular weight is 281 g/mol. The van der Waals surface area contributed by atoms with E-state index in [4.69, 9.17) is 9.90 Å². The van der Waals surface area contributed by atoms with E-state index in [-0.39, 0.29) is 5.56 Å². The second kappa shape index (κ2) is 9.00. The zero-order chi connectivity index (χ0) is 14.8. The number of hydrogen-bond acceptors (Lipinski definition) is 5. The van der Waals surface area contributed by atoms with E-state index in [1.807, 2.05) is 0 Å². The molecule has 0 heterocycles. The molecule has 19 heavy (non-hydrogen) atoms. The van der Waals surface area contributed by atoms with Crippen LogP contribution in [0.2, 0.25) is 0 Å². The van der Waals surface area contributed by atoms with Crippen LogP contribution in [-0.4, -0.2) is 25.2 Å². The summed E-state index contributed by atoms with van der Waals surface area (Å²) in [6.45, 7) is -3.72. The molecule has 0 aliphatic carbocycles. The smallest absolute Gasteiger partial charge is 0.387 e. The third-order valence-electron chi connectivity index (χ3n) is 1.91. The molecule has 0 unspecified atom stereocenters. The molecule has 5 N–H and O–H groups in total. The van der Waals surface area contributed by atoms with Crippen LogP contribution >= 0.6 is 0 Å². The Balaban J connectivity index is 0.000000711. The second-order valence-corrected chi connectivity index (χ2v) is 2.97. The number of aliphatic hydroxyl groups excluding tert-OH is 1. The van der Waals surface area contributed by atoms with Crippen molar-refractivity contribution < 1.29 is 27.8 Å². The van der Waals surface area contributed by atoms with Crippen LogP contribution in [0.15, 0.2) is 12.1 Å². The zero-order valence-electron chi connectivity index (χ0n) is 9.99.